The quantitative estimate of drug-likeness (QED) is 0.690. The molecule has 4 nitrogen and oxygen atoms in total. The van der Waals surface area contributed by atoms with E-state index in [1.54, 1.807) is 0 Å². The van der Waals surface area contributed by atoms with Crippen molar-refractivity contribution in [1.29, 1.82) is 0 Å². The summed E-state index contributed by atoms with van der Waals surface area (Å²) in [6.45, 7) is -0.262. The summed E-state index contributed by atoms with van der Waals surface area (Å²) < 4.78 is 10.1. The molecule has 1 heterocycles. The van der Waals surface area contributed by atoms with E-state index in [4.69, 9.17) is 9.47 Å². The molecule has 1 aromatic rings. The van der Waals surface area contributed by atoms with Crippen LogP contribution in [0.4, 0.5) is 0 Å². The van der Waals surface area contributed by atoms with Gasteiger partial charge >= 0.3 is 11.9 Å². The summed E-state index contributed by atoms with van der Waals surface area (Å²) in [6.07, 6.45) is 5.59. The minimum absolute atomic E-state index is 0.262. The lowest BCUT2D eigenvalue weighted by Crippen LogP contribution is -2.40. The second-order valence-electron chi connectivity index (χ2n) is 6.19. The van der Waals surface area contributed by atoms with E-state index in [9.17, 15) is 9.59 Å². The Labute approximate surface area is 116 Å². The second kappa shape index (κ2) is 3.43. The van der Waals surface area contributed by atoms with Gasteiger partial charge < -0.3 is 9.47 Å². The van der Waals surface area contributed by atoms with Gasteiger partial charge in [0.05, 0.1) is 11.1 Å². The Balaban J connectivity index is 1.79. The van der Waals surface area contributed by atoms with E-state index < -0.39 is 0 Å². The first-order valence-electron chi connectivity index (χ1n) is 7.33. The zero-order valence-electron chi connectivity index (χ0n) is 11.0. The molecule has 0 amide bonds. The van der Waals surface area contributed by atoms with E-state index in [0.29, 0.717) is 23.0 Å². The fourth-order valence-electron chi connectivity index (χ4n) is 4.63. The number of hydrogen-bond donors (Lipinski definition) is 0. The Morgan fingerprint density at radius 3 is 2.20 bits per heavy atom. The lowest BCUT2D eigenvalue weighted by molar-refractivity contribution is -0.0190. The van der Waals surface area contributed by atoms with Gasteiger partial charge in [-0.05, 0) is 46.9 Å². The van der Waals surface area contributed by atoms with Crippen LogP contribution in [0.15, 0.2) is 0 Å². The Bertz CT molecular complexity index is 688. The van der Waals surface area contributed by atoms with Crippen molar-refractivity contribution in [3.8, 4) is 0 Å². The lowest BCUT2D eigenvalue weighted by Gasteiger charge is -2.49. The van der Waals surface area contributed by atoms with Crippen molar-refractivity contribution >= 4 is 11.9 Å². The molecule has 0 N–H and O–H groups in total. The predicted octanol–water partition coefficient (Wildman–Crippen LogP) is 2.63. The first-order valence-corrected chi connectivity index (χ1v) is 7.33. The van der Waals surface area contributed by atoms with Crippen LogP contribution in [0.1, 0.15) is 80.5 Å². The van der Waals surface area contributed by atoms with E-state index in [0.717, 1.165) is 17.5 Å². The Hall–Kier alpha value is -1.84. The third kappa shape index (κ3) is 1.06. The molecule has 5 rings (SSSR count). The lowest BCUT2D eigenvalue weighted by atomic mass is 9.54. The summed E-state index contributed by atoms with van der Waals surface area (Å²) in [5.74, 6) is 0.446. The highest BCUT2D eigenvalue weighted by molar-refractivity contribution is 6.05. The van der Waals surface area contributed by atoms with Crippen LogP contribution in [0.2, 0.25) is 0 Å². The van der Waals surface area contributed by atoms with E-state index in [-0.39, 0.29) is 18.7 Å². The summed E-state index contributed by atoms with van der Waals surface area (Å²) in [5.41, 5.74) is 5.88. The first kappa shape index (κ1) is 10.9. The molecule has 1 fully saturated rings. The summed E-state index contributed by atoms with van der Waals surface area (Å²) in [6, 6.07) is 0. The number of esters is 2. The van der Waals surface area contributed by atoms with Crippen molar-refractivity contribution in [2.24, 2.45) is 0 Å². The molecular weight excluding hydrogens is 256 g/mol. The van der Waals surface area contributed by atoms with Crippen LogP contribution in [-0.2, 0) is 15.9 Å². The molecule has 2 unspecified atom stereocenters. The summed E-state index contributed by atoms with van der Waals surface area (Å²) in [5, 5.41) is 0. The SMILES string of the molecule is O=C1OCOC(=O)c2c3c1c(c1c2C2CCCCC12)C3. The maximum atomic E-state index is 12.3. The van der Waals surface area contributed by atoms with Gasteiger partial charge in [0.15, 0.2) is 0 Å². The van der Waals surface area contributed by atoms with Crippen molar-refractivity contribution < 1.29 is 19.1 Å². The fraction of sp³-hybridized carbons (Fsp3) is 0.500. The van der Waals surface area contributed by atoms with Crippen LogP contribution in [-0.4, -0.2) is 18.7 Å². The standard InChI is InChI=1S/C16H14O4/c17-15-12-9-5-10(12)14(16(18)20-6-19-15)13-8-4-2-1-3-7(8)11(9)13/h7-8H,1-6H2. The largest absolute Gasteiger partial charge is 0.424 e. The molecule has 0 radical (unpaired) electrons. The van der Waals surface area contributed by atoms with Gasteiger partial charge in [-0.3, -0.25) is 0 Å². The number of fused-ring (bicyclic) bond motifs is 6. The molecule has 2 atom stereocenters. The van der Waals surface area contributed by atoms with Gasteiger partial charge in [-0.1, -0.05) is 12.8 Å². The molecule has 4 bridgehead atoms. The summed E-state index contributed by atoms with van der Waals surface area (Å²) in [7, 11) is 0. The highest BCUT2D eigenvalue weighted by atomic mass is 16.7. The maximum absolute atomic E-state index is 12.3. The fourth-order valence-corrected chi connectivity index (χ4v) is 4.63. The first-order chi connectivity index (χ1) is 9.77. The molecule has 1 saturated carbocycles. The van der Waals surface area contributed by atoms with E-state index >= 15 is 0 Å². The van der Waals surface area contributed by atoms with Crippen LogP contribution >= 0.6 is 0 Å². The van der Waals surface area contributed by atoms with Gasteiger partial charge in [-0.25, -0.2) is 9.59 Å². The topological polar surface area (TPSA) is 52.6 Å². The average molecular weight is 270 g/mol. The molecule has 1 aromatic carbocycles. The minimum Gasteiger partial charge on any atom is -0.424 e. The van der Waals surface area contributed by atoms with Crippen molar-refractivity contribution in [2.45, 2.75) is 43.9 Å². The van der Waals surface area contributed by atoms with Crippen molar-refractivity contribution in [2.75, 3.05) is 6.79 Å². The van der Waals surface area contributed by atoms with Gasteiger partial charge in [0.25, 0.3) is 0 Å². The molecule has 0 aromatic heterocycles. The Morgan fingerprint density at radius 2 is 1.45 bits per heavy atom. The molecule has 3 aliphatic carbocycles. The molecular formula is C16H14O4. The third-order valence-electron chi connectivity index (χ3n) is 5.44. The number of carbonyl (C=O) groups is 2. The van der Waals surface area contributed by atoms with Gasteiger partial charge in [0.2, 0.25) is 6.79 Å². The van der Waals surface area contributed by atoms with Crippen LogP contribution in [0, 0.1) is 0 Å². The molecule has 4 heteroatoms. The second-order valence-corrected chi connectivity index (χ2v) is 6.19. The smallest absolute Gasteiger partial charge is 0.341 e. The molecule has 0 spiro atoms. The highest BCUT2D eigenvalue weighted by Crippen LogP contribution is 2.61. The maximum Gasteiger partial charge on any atom is 0.341 e. The number of ether oxygens (including phenoxy) is 2. The number of rotatable bonds is 0. The van der Waals surface area contributed by atoms with Gasteiger partial charge in [-0.15, -0.1) is 0 Å². The number of hydrogen-bond acceptors (Lipinski definition) is 4. The Morgan fingerprint density at radius 1 is 0.800 bits per heavy atom. The van der Waals surface area contributed by atoms with Crippen molar-refractivity contribution in [1.82, 2.24) is 0 Å². The molecule has 4 aliphatic rings. The van der Waals surface area contributed by atoms with Crippen LogP contribution < -0.4 is 0 Å². The molecule has 1 aliphatic heterocycles. The number of carbonyl (C=O) groups excluding carboxylic acids is 2. The van der Waals surface area contributed by atoms with E-state index in [1.165, 1.54) is 36.8 Å². The third-order valence-corrected chi connectivity index (χ3v) is 5.44. The van der Waals surface area contributed by atoms with Crippen molar-refractivity contribution in [3.05, 3.63) is 33.4 Å². The van der Waals surface area contributed by atoms with Crippen molar-refractivity contribution in [3.63, 3.8) is 0 Å². The van der Waals surface area contributed by atoms with Crippen LogP contribution in [0.25, 0.3) is 0 Å². The summed E-state index contributed by atoms with van der Waals surface area (Å²) >= 11 is 0. The molecule has 20 heavy (non-hydrogen) atoms. The van der Waals surface area contributed by atoms with Gasteiger partial charge in [0, 0.05) is 6.42 Å². The summed E-state index contributed by atoms with van der Waals surface area (Å²) in [4.78, 5) is 24.3. The van der Waals surface area contributed by atoms with Gasteiger partial charge in [0.1, 0.15) is 0 Å². The van der Waals surface area contributed by atoms with Crippen LogP contribution in [0.3, 0.4) is 0 Å². The average Bonchev–Trinajstić information content (AvgIpc) is 2.41. The zero-order valence-corrected chi connectivity index (χ0v) is 11.0. The predicted molar refractivity (Wildman–Crippen MR) is 68.9 cm³/mol. The zero-order chi connectivity index (χ0) is 13.4. The van der Waals surface area contributed by atoms with E-state index in [1.807, 2.05) is 0 Å². The van der Waals surface area contributed by atoms with Gasteiger partial charge in [-0.2, -0.15) is 0 Å². The molecule has 0 saturated heterocycles. The number of cyclic esters (lactones) is 2. The Kier molecular flexibility index (Phi) is 1.87. The number of benzene rings is 1. The minimum atomic E-state index is -0.322. The monoisotopic (exact) mass is 270 g/mol. The van der Waals surface area contributed by atoms with Crippen LogP contribution in [0.5, 0.6) is 0 Å². The molecule has 102 valence electrons. The normalized spacial score (nSPS) is 28.8. The highest BCUT2D eigenvalue weighted by Gasteiger charge is 2.50. The van der Waals surface area contributed by atoms with E-state index in [2.05, 4.69) is 0 Å².